The Hall–Kier alpha value is -2.43. The van der Waals surface area contributed by atoms with Crippen molar-refractivity contribution >= 4 is 5.91 Å². The van der Waals surface area contributed by atoms with Crippen LogP contribution in [-0.2, 0) is 13.0 Å². The van der Waals surface area contributed by atoms with Gasteiger partial charge in [0.1, 0.15) is 5.69 Å². The van der Waals surface area contributed by atoms with Crippen LogP contribution in [0.15, 0.2) is 41.2 Å². The standard InChI is InChI=1S/C18H21N3O2/c1-2-12-21-17(22)11-10-16(20-21)18(23)19-15-9-5-7-13-6-3-4-8-14(13)15/h3-4,6,8,10-11,15H,2,5,7,9,12H2,1H3,(H,19,23)/t15-/m1/s1. The van der Waals surface area contributed by atoms with E-state index in [0.29, 0.717) is 12.2 Å². The lowest BCUT2D eigenvalue weighted by Crippen LogP contribution is -2.33. The molecule has 3 rings (SSSR count). The quantitative estimate of drug-likeness (QED) is 0.943. The van der Waals surface area contributed by atoms with Crippen LogP contribution in [0.1, 0.15) is 53.8 Å². The van der Waals surface area contributed by atoms with Crippen LogP contribution >= 0.6 is 0 Å². The fourth-order valence-corrected chi connectivity index (χ4v) is 3.08. The smallest absolute Gasteiger partial charge is 0.272 e. The topological polar surface area (TPSA) is 64.0 Å². The molecule has 1 N–H and O–H groups in total. The monoisotopic (exact) mass is 311 g/mol. The van der Waals surface area contributed by atoms with Crippen LogP contribution in [0.2, 0.25) is 0 Å². The molecule has 1 aromatic carbocycles. The van der Waals surface area contributed by atoms with Crippen LogP contribution in [0.5, 0.6) is 0 Å². The molecule has 1 aromatic heterocycles. The molecule has 23 heavy (non-hydrogen) atoms. The number of aryl methyl sites for hydroxylation is 2. The van der Waals surface area contributed by atoms with Crippen molar-refractivity contribution in [1.29, 1.82) is 0 Å². The van der Waals surface area contributed by atoms with Gasteiger partial charge in [-0.25, -0.2) is 4.68 Å². The Balaban J connectivity index is 1.80. The summed E-state index contributed by atoms with van der Waals surface area (Å²) in [5.74, 6) is -0.225. The summed E-state index contributed by atoms with van der Waals surface area (Å²) < 4.78 is 1.35. The molecule has 0 saturated carbocycles. The maximum atomic E-state index is 12.5. The van der Waals surface area contributed by atoms with Gasteiger partial charge in [-0.2, -0.15) is 5.10 Å². The number of carbonyl (C=O) groups is 1. The Morgan fingerprint density at radius 2 is 2.13 bits per heavy atom. The van der Waals surface area contributed by atoms with E-state index in [-0.39, 0.29) is 17.5 Å². The van der Waals surface area contributed by atoms with Crippen molar-refractivity contribution in [3.8, 4) is 0 Å². The van der Waals surface area contributed by atoms with Gasteiger partial charge in [-0.3, -0.25) is 9.59 Å². The molecule has 0 radical (unpaired) electrons. The third-order valence-corrected chi connectivity index (χ3v) is 4.21. The summed E-state index contributed by atoms with van der Waals surface area (Å²) >= 11 is 0. The lowest BCUT2D eigenvalue weighted by Gasteiger charge is -2.26. The molecule has 0 spiro atoms. The van der Waals surface area contributed by atoms with Crippen molar-refractivity contribution < 1.29 is 4.79 Å². The molecule has 1 heterocycles. The van der Waals surface area contributed by atoms with E-state index in [0.717, 1.165) is 25.7 Å². The SMILES string of the molecule is CCCn1nc(C(=O)N[C@@H]2CCCc3ccccc32)ccc1=O. The third kappa shape index (κ3) is 3.33. The fourth-order valence-electron chi connectivity index (χ4n) is 3.08. The van der Waals surface area contributed by atoms with Crippen molar-refractivity contribution in [3.05, 3.63) is 63.6 Å². The normalized spacial score (nSPS) is 16.7. The molecule has 1 amide bonds. The zero-order valence-electron chi connectivity index (χ0n) is 13.3. The summed E-state index contributed by atoms with van der Waals surface area (Å²) in [5, 5.41) is 7.24. The Morgan fingerprint density at radius 1 is 1.30 bits per heavy atom. The predicted molar refractivity (Wildman–Crippen MR) is 88.4 cm³/mol. The highest BCUT2D eigenvalue weighted by molar-refractivity contribution is 5.92. The van der Waals surface area contributed by atoms with E-state index in [1.54, 1.807) is 0 Å². The van der Waals surface area contributed by atoms with Crippen molar-refractivity contribution in [2.24, 2.45) is 0 Å². The highest BCUT2D eigenvalue weighted by atomic mass is 16.2. The van der Waals surface area contributed by atoms with Crippen LogP contribution in [0.25, 0.3) is 0 Å². The molecule has 5 heteroatoms. The van der Waals surface area contributed by atoms with E-state index in [9.17, 15) is 9.59 Å². The number of benzene rings is 1. The summed E-state index contributed by atoms with van der Waals surface area (Å²) in [6.07, 6.45) is 3.85. The number of amides is 1. The fraction of sp³-hybridized carbons (Fsp3) is 0.389. The minimum atomic E-state index is -0.225. The molecule has 0 aliphatic heterocycles. The molecule has 0 fully saturated rings. The molecule has 1 atom stereocenters. The number of rotatable bonds is 4. The Labute approximate surface area is 135 Å². The van der Waals surface area contributed by atoms with Gasteiger partial charge in [0.05, 0.1) is 6.04 Å². The number of hydrogen-bond acceptors (Lipinski definition) is 3. The molecular weight excluding hydrogens is 290 g/mol. The van der Waals surface area contributed by atoms with Crippen LogP contribution in [-0.4, -0.2) is 15.7 Å². The van der Waals surface area contributed by atoms with Crippen molar-refractivity contribution in [2.45, 2.75) is 45.2 Å². The number of nitrogens with one attached hydrogen (secondary N) is 1. The van der Waals surface area contributed by atoms with Gasteiger partial charge in [0, 0.05) is 12.6 Å². The zero-order chi connectivity index (χ0) is 16.2. The van der Waals surface area contributed by atoms with E-state index in [4.69, 9.17) is 0 Å². The summed E-state index contributed by atoms with van der Waals surface area (Å²) in [6.45, 7) is 2.49. The van der Waals surface area contributed by atoms with Gasteiger partial charge in [-0.05, 0) is 42.9 Å². The van der Waals surface area contributed by atoms with Crippen LogP contribution < -0.4 is 10.9 Å². The molecule has 120 valence electrons. The average molecular weight is 311 g/mol. The first-order chi connectivity index (χ1) is 11.2. The first-order valence-corrected chi connectivity index (χ1v) is 8.16. The van der Waals surface area contributed by atoms with Gasteiger partial charge >= 0.3 is 0 Å². The van der Waals surface area contributed by atoms with E-state index in [2.05, 4.69) is 22.5 Å². The lowest BCUT2D eigenvalue weighted by atomic mass is 9.87. The summed E-state index contributed by atoms with van der Waals surface area (Å²) in [6, 6.07) is 11.2. The molecular formula is C18H21N3O2. The van der Waals surface area contributed by atoms with Gasteiger partial charge < -0.3 is 5.32 Å². The number of fused-ring (bicyclic) bond motifs is 1. The second-order valence-corrected chi connectivity index (χ2v) is 5.90. The first kappa shape index (κ1) is 15.5. The molecule has 2 aromatic rings. The zero-order valence-corrected chi connectivity index (χ0v) is 13.3. The largest absolute Gasteiger partial charge is 0.344 e. The highest BCUT2D eigenvalue weighted by Crippen LogP contribution is 2.29. The molecule has 1 aliphatic rings. The van der Waals surface area contributed by atoms with E-state index in [1.165, 1.54) is 27.9 Å². The minimum Gasteiger partial charge on any atom is -0.344 e. The van der Waals surface area contributed by atoms with E-state index in [1.807, 2.05) is 19.1 Å². The maximum absolute atomic E-state index is 12.5. The number of carbonyl (C=O) groups excluding carboxylic acids is 1. The van der Waals surface area contributed by atoms with Crippen LogP contribution in [0, 0.1) is 0 Å². The first-order valence-electron chi connectivity index (χ1n) is 8.16. The maximum Gasteiger partial charge on any atom is 0.272 e. The highest BCUT2D eigenvalue weighted by Gasteiger charge is 2.22. The van der Waals surface area contributed by atoms with Crippen LogP contribution in [0.4, 0.5) is 0 Å². The van der Waals surface area contributed by atoms with Gasteiger partial charge in [0.2, 0.25) is 0 Å². The van der Waals surface area contributed by atoms with E-state index >= 15 is 0 Å². The Kier molecular flexibility index (Phi) is 4.55. The molecule has 5 nitrogen and oxygen atoms in total. The number of nitrogens with zero attached hydrogens (tertiary/aromatic N) is 2. The second kappa shape index (κ2) is 6.77. The average Bonchev–Trinajstić information content (AvgIpc) is 2.57. The number of aromatic nitrogens is 2. The molecule has 0 saturated heterocycles. The summed E-state index contributed by atoms with van der Waals surface area (Å²) in [4.78, 5) is 24.2. The number of hydrogen-bond donors (Lipinski definition) is 1. The second-order valence-electron chi connectivity index (χ2n) is 5.90. The van der Waals surface area contributed by atoms with Crippen LogP contribution in [0.3, 0.4) is 0 Å². The summed E-state index contributed by atoms with van der Waals surface area (Å²) in [5.41, 5.74) is 2.61. The van der Waals surface area contributed by atoms with Gasteiger partial charge in [-0.15, -0.1) is 0 Å². The van der Waals surface area contributed by atoms with Gasteiger partial charge in [0.25, 0.3) is 11.5 Å². The Morgan fingerprint density at radius 3 is 2.96 bits per heavy atom. The minimum absolute atomic E-state index is 0.0146. The van der Waals surface area contributed by atoms with Gasteiger partial charge in [0.15, 0.2) is 0 Å². The van der Waals surface area contributed by atoms with Gasteiger partial charge in [-0.1, -0.05) is 31.2 Å². The molecule has 1 aliphatic carbocycles. The predicted octanol–water partition coefficient (Wildman–Crippen LogP) is 2.46. The Bertz CT molecular complexity index is 767. The van der Waals surface area contributed by atoms with Crippen molar-refractivity contribution in [3.63, 3.8) is 0 Å². The molecule has 0 bridgehead atoms. The van der Waals surface area contributed by atoms with Crippen molar-refractivity contribution in [1.82, 2.24) is 15.1 Å². The van der Waals surface area contributed by atoms with E-state index < -0.39 is 0 Å². The molecule has 0 unspecified atom stereocenters. The third-order valence-electron chi connectivity index (χ3n) is 4.21. The van der Waals surface area contributed by atoms with Crippen molar-refractivity contribution in [2.75, 3.05) is 0 Å². The lowest BCUT2D eigenvalue weighted by molar-refractivity contribution is 0.0925. The summed E-state index contributed by atoms with van der Waals surface area (Å²) in [7, 11) is 0.